The summed E-state index contributed by atoms with van der Waals surface area (Å²) in [6.07, 6.45) is 0. The van der Waals surface area contributed by atoms with Gasteiger partial charge in [0, 0.05) is 10.9 Å². The highest BCUT2D eigenvalue weighted by molar-refractivity contribution is 7.22. The molecule has 0 spiro atoms. The molecule has 0 saturated heterocycles. The van der Waals surface area contributed by atoms with Crippen molar-refractivity contribution in [2.75, 3.05) is 19.0 Å². The van der Waals surface area contributed by atoms with Crippen molar-refractivity contribution in [1.82, 2.24) is 9.97 Å². The lowest BCUT2D eigenvalue weighted by atomic mass is 10.0. The first-order chi connectivity index (χ1) is 16.1. The van der Waals surface area contributed by atoms with Gasteiger partial charge in [-0.25, -0.2) is 9.97 Å². The predicted octanol–water partition coefficient (Wildman–Crippen LogP) is 6.17. The molecule has 0 unspecified atom stereocenters. The maximum Gasteiger partial charge on any atom is 0.258 e. The minimum absolute atomic E-state index is 0.229. The number of nitrogens with one attached hydrogen (secondary N) is 1. The Labute approximate surface area is 194 Å². The van der Waals surface area contributed by atoms with Crippen molar-refractivity contribution in [3.8, 4) is 22.8 Å². The van der Waals surface area contributed by atoms with E-state index < -0.39 is 0 Å². The highest BCUT2D eigenvalue weighted by atomic mass is 32.1. The Morgan fingerprint density at radius 1 is 0.939 bits per heavy atom. The SMILES string of the molecule is CCOc1ccc2nc(NC(=O)c3cc(-c4ccc(OC)cc4)nc4ccccc34)sc2c1. The summed E-state index contributed by atoms with van der Waals surface area (Å²) in [7, 11) is 1.63. The molecule has 7 heteroatoms. The van der Waals surface area contributed by atoms with Crippen molar-refractivity contribution >= 4 is 43.5 Å². The lowest BCUT2D eigenvalue weighted by Gasteiger charge is -2.10. The summed E-state index contributed by atoms with van der Waals surface area (Å²) in [5.41, 5.74) is 3.73. The topological polar surface area (TPSA) is 73.3 Å². The third kappa shape index (κ3) is 4.23. The molecule has 0 bridgehead atoms. The van der Waals surface area contributed by atoms with Crippen molar-refractivity contribution < 1.29 is 14.3 Å². The first-order valence-electron chi connectivity index (χ1n) is 10.5. The molecule has 164 valence electrons. The van der Waals surface area contributed by atoms with Crippen LogP contribution >= 0.6 is 11.3 Å². The minimum Gasteiger partial charge on any atom is -0.497 e. The Morgan fingerprint density at radius 2 is 1.73 bits per heavy atom. The molecule has 3 aromatic carbocycles. The van der Waals surface area contributed by atoms with Crippen LogP contribution in [0.3, 0.4) is 0 Å². The molecule has 2 heterocycles. The quantitative estimate of drug-likeness (QED) is 0.331. The summed E-state index contributed by atoms with van der Waals surface area (Å²) >= 11 is 1.42. The molecule has 0 aliphatic carbocycles. The predicted molar refractivity (Wildman–Crippen MR) is 132 cm³/mol. The van der Waals surface area contributed by atoms with Crippen LogP contribution in [0.5, 0.6) is 11.5 Å². The van der Waals surface area contributed by atoms with Crippen LogP contribution in [0, 0.1) is 0 Å². The van der Waals surface area contributed by atoms with E-state index in [1.54, 1.807) is 7.11 Å². The number of pyridine rings is 1. The van der Waals surface area contributed by atoms with Gasteiger partial charge in [0.15, 0.2) is 5.13 Å². The minimum atomic E-state index is -0.229. The molecule has 33 heavy (non-hydrogen) atoms. The van der Waals surface area contributed by atoms with Gasteiger partial charge in [0.2, 0.25) is 0 Å². The summed E-state index contributed by atoms with van der Waals surface area (Å²) in [5, 5.41) is 4.29. The second kappa shape index (κ2) is 8.88. The second-order valence-electron chi connectivity index (χ2n) is 7.34. The molecule has 5 rings (SSSR count). The van der Waals surface area contributed by atoms with E-state index in [1.807, 2.05) is 79.7 Å². The van der Waals surface area contributed by atoms with Crippen LogP contribution in [0.2, 0.25) is 0 Å². The van der Waals surface area contributed by atoms with E-state index in [0.29, 0.717) is 23.0 Å². The molecule has 2 aromatic heterocycles. The summed E-state index contributed by atoms with van der Waals surface area (Å²) in [5.74, 6) is 1.32. The Balaban J connectivity index is 1.51. The number of rotatable bonds is 6. The van der Waals surface area contributed by atoms with E-state index in [2.05, 4.69) is 10.3 Å². The fraction of sp³-hybridized carbons (Fsp3) is 0.115. The van der Waals surface area contributed by atoms with Crippen molar-refractivity contribution in [1.29, 1.82) is 0 Å². The van der Waals surface area contributed by atoms with Crippen LogP contribution in [0.25, 0.3) is 32.4 Å². The average molecular weight is 456 g/mol. The number of ether oxygens (including phenoxy) is 2. The van der Waals surface area contributed by atoms with Crippen LogP contribution in [0.4, 0.5) is 5.13 Å². The van der Waals surface area contributed by atoms with Gasteiger partial charge in [-0.05, 0) is 61.5 Å². The fourth-order valence-corrected chi connectivity index (χ4v) is 4.54. The fourth-order valence-electron chi connectivity index (χ4n) is 3.65. The summed E-state index contributed by atoms with van der Waals surface area (Å²) in [6.45, 7) is 2.54. The van der Waals surface area contributed by atoms with Crippen molar-refractivity contribution in [3.05, 3.63) is 78.4 Å². The van der Waals surface area contributed by atoms with Gasteiger partial charge in [-0.2, -0.15) is 0 Å². The molecule has 5 aromatic rings. The van der Waals surface area contributed by atoms with Crippen LogP contribution in [0.15, 0.2) is 72.8 Å². The Hall–Kier alpha value is -3.97. The smallest absolute Gasteiger partial charge is 0.258 e. The molecule has 0 atom stereocenters. The Morgan fingerprint density at radius 3 is 2.52 bits per heavy atom. The van der Waals surface area contributed by atoms with Gasteiger partial charge in [0.25, 0.3) is 5.91 Å². The lowest BCUT2D eigenvalue weighted by molar-refractivity contribution is 0.102. The molecular weight excluding hydrogens is 434 g/mol. The third-order valence-corrected chi connectivity index (χ3v) is 6.17. The highest BCUT2D eigenvalue weighted by Gasteiger charge is 2.16. The van der Waals surface area contributed by atoms with Crippen LogP contribution in [-0.2, 0) is 0 Å². The zero-order valence-corrected chi connectivity index (χ0v) is 19.0. The number of benzene rings is 3. The van der Waals surface area contributed by atoms with Crippen LogP contribution < -0.4 is 14.8 Å². The largest absolute Gasteiger partial charge is 0.497 e. The number of aromatic nitrogens is 2. The highest BCUT2D eigenvalue weighted by Crippen LogP contribution is 2.31. The number of anilines is 1. The molecule has 0 aliphatic heterocycles. The molecule has 0 fully saturated rings. The van der Waals surface area contributed by atoms with Gasteiger partial charge in [-0.3, -0.25) is 10.1 Å². The van der Waals surface area contributed by atoms with E-state index in [-0.39, 0.29) is 5.91 Å². The molecule has 6 nitrogen and oxygen atoms in total. The summed E-state index contributed by atoms with van der Waals surface area (Å²) in [6, 6.07) is 22.8. The van der Waals surface area contributed by atoms with Crippen molar-refractivity contribution in [2.24, 2.45) is 0 Å². The van der Waals surface area contributed by atoms with E-state index in [1.165, 1.54) is 11.3 Å². The molecular formula is C26H21N3O3S. The van der Waals surface area contributed by atoms with Gasteiger partial charge >= 0.3 is 0 Å². The normalized spacial score (nSPS) is 11.0. The number of fused-ring (bicyclic) bond motifs is 2. The van der Waals surface area contributed by atoms with Gasteiger partial charge in [-0.1, -0.05) is 29.5 Å². The van der Waals surface area contributed by atoms with Crippen LogP contribution in [0.1, 0.15) is 17.3 Å². The second-order valence-corrected chi connectivity index (χ2v) is 8.37. The molecule has 0 aliphatic rings. The number of para-hydroxylation sites is 1. The van der Waals surface area contributed by atoms with Crippen molar-refractivity contribution in [2.45, 2.75) is 6.92 Å². The third-order valence-electron chi connectivity index (χ3n) is 5.24. The molecule has 1 N–H and O–H groups in total. The summed E-state index contributed by atoms with van der Waals surface area (Å²) in [4.78, 5) is 22.7. The Kier molecular flexibility index (Phi) is 5.62. The van der Waals surface area contributed by atoms with Gasteiger partial charge in [0.05, 0.1) is 40.7 Å². The summed E-state index contributed by atoms with van der Waals surface area (Å²) < 4.78 is 11.8. The van der Waals surface area contributed by atoms with Gasteiger partial charge in [0.1, 0.15) is 11.5 Å². The number of amides is 1. The average Bonchev–Trinajstić information content (AvgIpc) is 3.25. The number of carbonyl (C=O) groups is 1. The molecule has 1 amide bonds. The molecule has 0 saturated carbocycles. The standard InChI is InChI=1S/C26H21N3O3S/c1-3-32-18-12-13-22-24(14-18)33-26(28-22)29-25(30)20-15-23(16-8-10-17(31-2)11-9-16)27-21-7-5-4-6-19(20)21/h4-15H,3H2,1-2H3,(H,28,29,30). The van der Waals surface area contributed by atoms with Crippen molar-refractivity contribution in [3.63, 3.8) is 0 Å². The number of methoxy groups -OCH3 is 1. The van der Waals surface area contributed by atoms with Gasteiger partial charge in [-0.15, -0.1) is 0 Å². The number of hydrogen-bond acceptors (Lipinski definition) is 6. The number of carbonyl (C=O) groups excluding carboxylic acids is 1. The van der Waals surface area contributed by atoms with E-state index in [0.717, 1.165) is 38.2 Å². The maximum absolute atomic E-state index is 13.3. The van der Waals surface area contributed by atoms with Gasteiger partial charge < -0.3 is 9.47 Å². The lowest BCUT2D eigenvalue weighted by Crippen LogP contribution is -2.13. The number of thiazole rings is 1. The number of nitrogens with zero attached hydrogens (tertiary/aromatic N) is 2. The monoisotopic (exact) mass is 455 g/mol. The zero-order valence-electron chi connectivity index (χ0n) is 18.2. The van der Waals surface area contributed by atoms with E-state index in [9.17, 15) is 4.79 Å². The maximum atomic E-state index is 13.3. The molecule has 0 radical (unpaired) electrons. The first-order valence-corrected chi connectivity index (χ1v) is 11.3. The number of hydrogen-bond donors (Lipinski definition) is 1. The van der Waals surface area contributed by atoms with E-state index >= 15 is 0 Å². The van der Waals surface area contributed by atoms with Crippen LogP contribution in [-0.4, -0.2) is 29.6 Å². The first kappa shape index (κ1) is 20.9. The van der Waals surface area contributed by atoms with E-state index in [4.69, 9.17) is 14.5 Å². The Bertz CT molecular complexity index is 1460. The zero-order chi connectivity index (χ0) is 22.8.